The number of nitrogens with two attached hydrogens (primary N) is 1. The molecule has 0 amide bonds. The van der Waals surface area contributed by atoms with Crippen molar-refractivity contribution in [3.05, 3.63) is 17.6 Å². The zero-order valence-electron chi connectivity index (χ0n) is 11.9. The minimum Gasteiger partial charge on any atom is -0.378 e. The smallest absolute Gasteiger partial charge is 0.143 e. The van der Waals surface area contributed by atoms with Crippen LogP contribution in [0, 0.1) is 5.92 Å². The summed E-state index contributed by atoms with van der Waals surface area (Å²) in [5.74, 6) is 7.57. The van der Waals surface area contributed by atoms with Gasteiger partial charge in [-0.25, -0.2) is 15.8 Å². The number of anilines is 1. The molecule has 2 heterocycles. The van der Waals surface area contributed by atoms with Crippen LogP contribution in [0.15, 0.2) is 6.07 Å². The normalized spacial score (nSPS) is 19.7. The quantitative estimate of drug-likeness (QED) is 0.629. The zero-order valence-corrected chi connectivity index (χ0v) is 11.9. The van der Waals surface area contributed by atoms with Crippen molar-refractivity contribution in [1.82, 2.24) is 9.97 Å². The van der Waals surface area contributed by atoms with Crippen LogP contribution in [0.3, 0.4) is 0 Å². The molecule has 19 heavy (non-hydrogen) atoms. The van der Waals surface area contributed by atoms with Crippen LogP contribution in [0.1, 0.15) is 44.6 Å². The summed E-state index contributed by atoms with van der Waals surface area (Å²) in [5, 5.41) is 0. The van der Waals surface area contributed by atoms with E-state index in [9.17, 15) is 0 Å². The molecule has 1 saturated heterocycles. The van der Waals surface area contributed by atoms with Crippen LogP contribution in [0.25, 0.3) is 0 Å². The molecule has 1 unspecified atom stereocenters. The Hall–Kier alpha value is -1.20. The van der Waals surface area contributed by atoms with Gasteiger partial charge in [-0.2, -0.15) is 0 Å². The van der Waals surface area contributed by atoms with E-state index in [0.29, 0.717) is 11.7 Å². The SMILES string of the molecule is CC(C)Cc1cc(NN)nc(CC2CCCCO2)n1. The molecule has 0 saturated carbocycles. The molecule has 5 nitrogen and oxygen atoms in total. The van der Waals surface area contributed by atoms with Crippen molar-refractivity contribution in [2.45, 2.75) is 52.1 Å². The van der Waals surface area contributed by atoms with Gasteiger partial charge in [0.25, 0.3) is 0 Å². The highest BCUT2D eigenvalue weighted by Crippen LogP contribution is 2.17. The van der Waals surface area contributed by atoms with Crippen LogP contribution >= 0.6 is 0 Å². The zero-order chi connectivity index (χ0) is 13.7. The molecule has 0 aromatic carbocycles. The van der Waals surface area contributed by atoms with E-state index in [1.165, 1.54) is 12.8 Å². The van der Waals surface area contributed by atoms with Crippen molar-refractivity contribution >= 4 is 5.82 Å². The third kappa shape index (κ3) is 4.44. The molecule has 2 rings (SSSR count). The first-order valence-corrected chi connectivity index (χ1v) is 7.12. The number of ether oxygens (including phenoxy) is 1. The van der Waals surface area contributed by atoms with Crippen LogP contribution in [-0.2, 0) is 17.6 Å². The van der Waals surface area contributed by atoms with Crippen LogP contribution in [-0.4, -0.2) is 22.7 Å². The molecule has 1 atom stereocenters. The fourth-order valence-corrected chi connectivity index (χ4v) is 2.41. The first kappa shape index (κ1) is 14.2. The third-order valence-corrected chi connectivity index (χ3v) is 3.28. The Labute approximate surface area is 114 Å². The average molecular weight is 264 g/mol. The molecule has 0 radical (unpaired) electrons. The number of nitrogens with zero attached hydrogens (tertiary/aromatic N) is 2. The summed E-state index contributed by atoms with van der Waals surface area (Å²) in [5.41, 5.74) is 3.67. The first-order valence-electron chi connectivity index (χ1n) is 7.12. The highest BCUT2D eigenvalue weighted by Gasteiger charge is 2.17. The molecule has 0 spiro atoms. The maximum absolute atomic E-state index is 5.74. The van der Waals surface area contributed by atoms with Gasteiger partial charge in [-0.3, -0.25) is 0 Å². The Kier molecular flexibility index (Phi) is 5.10. The lowest BCUT2D eigenvalue weighted by molar-refractivity contribution is 0.0156. The number of rotatable bonds is 5. The Bertz CT molecular complexity index is 402. The second-order valence-electron chi connectivity index (χ2n) is 5.60. The maximum Gasteiger partial charge on any atom is 0.143 e. The molecule has 1 aliphatic heterocycles. The predicted molar refractivity (Wildman–Crippen MR) is 75.7 cm³/mol. The molecule has 1 aromatic rings. The topological polar surface area (TPSA) is 73.1 Å². The van der Waals surface area contributed by atoms with Crippen LogP contribution in [0.4, 0.5) is 5.82 Å². The number of hydrogen-bond acceptors (Lipinski definition) is 5. The Morgan fingerprint density at radius 2 is 2.26 bits per heavy atom. The van der Waals surface area contributed by atoms with E-state index in [2.05, 4.69) is 29.2 Å². The summed E-state index contributed by atoms with van der Waals surface area (Å²) in [6, 6.07) is 1.92. The molecular weight excluding hydrogens is 240 g/mol. The summed E-state index contributed by atoms with van der Waals surface area (Å²) in [7, 11) is 0. The van der Waals surface area contributed by atoms with E-state index in [0.717, 1.165) is 37.4 Å². The van der Waals surface area contributed by atoms with Gasteiger partial charge in [0.15, 0.2) is 0 Å². The summed E-state index contributed by atoms with van der Waals surface area (Å²) in [6.45, 7) is 5.22. The summed E-state index contributed by atoms with van der Waals surface area (Å²) in [6.07, 6.45) is 5.48. The van der Waals surface area contributed by atoms with E-state index in [4.69, 9.17) is 10.6 Å². The second kappa shape index (κ2) is 6.82. The fraction of sp³-hybridized carbons (Fsp3) is 0.714. The van der Waals surface area contributed by atoms with Crippen LogP contribution in [0.2, 0.25) is 0 Å². The highest BCUT2D eigenvalue weighted by molar-refractivity contribution is 5.34. The van der Waals surface area contributed by atoms with E-state index in [1.54, 1.807) is 0 Å². The highest BCUT2D eigenvalue weighted by atomic mass is 16.5. The standard InChI is InChI=1S/C14H24N4O/c1-10(2)7-11-8-14(18-15)17-13(16-11)9-12-5-3-4-6-19-12/h8,10,12H,3-7,9,15H2,1-2H3,(H,16,17,18). The van der Waals surface area contributed by atoms with Crippen molar-refractivity contribution in [1.29, 1.82) is 0 Å². The second-order valence-corrected chi connectivity index (χ2v) is 5.60. The van der Waals surface area contributed by atoms with E-state index >= 15 is 0 Å². The van der Waals surface area contributed by atoms with Crippen molar-refractivity contribution in [2.24, 2.45) is 11.8 Å². The van der Waals surface area contributed by atoms with Gasteiger partial charge in [0.1, 0.15) is 11.6 Å². The lowest BCUT2D eigenvalue weighted by Crippen LogP contribution is -2.23. The molecule has 0 bridgehead atoms. The Morgan fingerprint density at radius 1 is 1.42 bits per heavy atom. The molecular formula is C14H24N4O. The lowest BCUT2D eigenvalue weighted by atomic mass is 10.1. The Balaban J connectivity index is 2.09. The van der Waals surface area contributed by atoms with E-state index in [-0.39, 0.29) is 6.10 Å². The predicted octanol–water partition coefficient (Wildman–Crippen LogP) is 2.07. The molecule has 0 aliphatic carbocycles. The van der Waals surface area contributed by atoms with Gasteiger partial charge in [-0.05, 0) is 31.6 Å². The molecule has 1 aromatic heterocycles. The molecule has 1 aliphatic rings. The molecule has 5 heteroatoms. The van der Waals surface area contributed by atoms with Gasteiger partial charge in [0.2, 0.25) is 0 Å². The Morgan fingerprint density at radius 3 is 2.89 bits per heavy atom. The average Bonchev–Trinajstić information content (AvgIpc) is 2.38. The maximum atomic E-state index is 5.74. The van der Waals surface area contributed by atoms with Gasteiger partial charge in [-0.1, -0.05) is 13.8 Å². The largest absolute Gasteiger partial charge is 0.378 e. The number of nitrogen functional groups attached to an aromatic ring is 1. The number of hydrogen-bond donors (Lipinski definition) is 2. The van der Waals surface area contributed by atoms with E-state index in [1.807, 2.05) is 6.07 Å². The fourth-order valence-electron chi connectivity index (χ4n) is 2.41. The summed E-state index contributed by atoms with van der Waals surface area (Å²) in [4.78, 5) is 9.06. The van der Waals surface area contributed by atoms with E-state index < -0.39 is 0 Å². The minimum absolute atomic E-state index is 0.258. The third-order valence-electron chi connectivity index (χ3n) is 3.28. The summed E-state index contributed by atoms with van der Waals surface area (Å²) < 4.78 is 5.74. The van der Waals surface area contributed by atoms with Crippen molar-refractivity contribution in [3.63, 3.8) is 0 Å². The monoisotopic (exact) mass is 264 g/mol. The van der Waals surface area contributed by atoms with Gasteiger partial charge >= 0.3 is 0 Å². The van der Waals surface area contributed by atoms with Crippen molar-refractivity contribution < 1.29 is 4.74 Å². The van der Waals surface area contributed by atoms with Gasteiger partial charge in [0.05, 0.1) is 6.10 Å². The number of nitrogens with one attached hydrogen (secondary N) is 1. The van der Waals surface area contributed by atoms with Crippen molar-refractivity contribution in [2.75, 3.05) is 12.0 Å². The molecule has 1 fully saturated rings. The lowest BCUT2D eigenvalue weighted by Gasteiger charge is -2.22. The van der Waals surface area contributed by atoms with Gasteiger partial charge in [0, 0.05) is 24.8 Å². The molecule has 3 N–H and O–H groups in total. The number of aromatic nitrogens is 2. The van der Waals surface area contributed by atoms with Crippen molar-refractivity contribution in [3.8, 4) is 0 Å². The van der Waals surface area contributed by atoms with Gasteiger partial charge in [-0.15, -0.1) is 0 Å². The van der Waals surface area contributed by atoms with Crippen LogP contribution in [0.5, 0.6) is 0 Å². The first-order chi connectivity index (χ1) is 9.17. The summed E-state index contributed by atoms with van der Waals surface area (Å²) >= 11 is 0. The minimum atomic E-state index is 0.258. The molecule has 106 valence electrons. The van der Waals surface area contributed by atoms with Gasteiger partial charge < -0.3 is 10.2 Å². The van der Waals surface area contributed by atoms with Crippen LogP contribution < -0.4 is 11.3 Å². The number of hydrazine groups is 1.